The zero-order valence-corrected chi connectivity index (χ0v) is 13.8. The molecule has 0 aromatic carbocycles. The zero-order valence-electron chi connectivity index (χ0n) is 12.1. The van der Waals surface area contributed by atoms with E-state index in [4.69, 9.17) is 5.73 Å². The first-order valence-electron chi connectivity index (χ1n) is 6.96. The van der Waals surface area contributed by atoms with Crippen molar-refractivity contribution in [2.75, 3.05) is 5.75 Å². The standard InChI is InChI=1S/C14H18N4OS2/c1-8-3-4-9-10(6-20-11(9)5-8)13-16-17-14(18(13)2)21-7-12(15)19/h6,8H,3-5,7H2,1-2H3,(H2,15,19). The van der Waals surface area contributed by atoms with Crippen LogP contribution < -0.4 is 5.73 Å². The van der Waals surface area contributed by atoms with Crippen molar-refractivity contribution < 1.29 is 4.79 Å². The molecule has 2 aromatic heterocycles. The molecule has 1 unspecified atom stereocenters. The number of aromatic nitrogens is 3. The number of fused-ring (bicyclic) bond motifs is 1. The SMILES string of the molecule is CC1CCc2c(-c3nnc(SCC(N)=O)n3C)csc2C1. The van der Waals surface area contributed by atoms with Crippen LogP contribution in [0.15, 0.2) is 10.5 Å². The lowest BCUT2D eigenvalue weighted by Gasteiger charge is -2.18. The predicted molar refractivity (Wildman–Crippen MR) is 85.4 cm³/mol. The summed E-state index contributed by atoms with van der Waals surface area (Å²) in [6, 6.07) is 0. The average Bonchev–Trinajstić information content (AvgIpc) is 2.99. The minimum Gasteiger partial charge on any atom is -0.369 e. The van der Waals surface area contributed by atoms with Crippen LogP contribution >= 0.6 is 23.1 Å². The fraction of sp³-hybridized carbons (Fsp3) is 0.500. The normalized spacial score (nSPS) is 17.7. The second-order valence-corrected chi connectivity index (χ2v) is 7.43. The van der Waals surface area contributed by atoms with E-state index in [1.807, 2.05) is 23.0 Å². The first kappa shape index (κ1) is 14.6. The molecule has 1 atom stereocenters. The van der Waals surface area contributed by atoms with Crippen molar-refractivity contribution in [1.82, 2.24) is 14.8 Å². The van der Waals surface area contributed by atoms with Gasteiger partial charge in [-0.15, -0.1) is 21.5 Å². The monoisotopic (exact) mass is 322 g/mol. The van der Waals surface area contributed by atoms with Crippen LogP contribution in [-0.2, 0) is 24.7 Å². The number of hydrogen-bond donors (Lipinski definition) is 1. The molecule has 5 nitrogen and oxygen atoms in total. The van der Waals surface area contributed by atoms with Gasteiger partial charge in [0.25, 0.3) is 0 Å². The molecule has 0 bridgehead atoms. The summed E-state index contributed by atoms with van der Waals surface area (Å²) in [6.07, 6.45) is 3.52. The molecule has 112 valence electrons. The van der Waals surface area contributed by atoms with Gasteiger partial charge in [-0.3, -0.25) is 4.79 Å². The van der Waals surface area contributed by atoms with E-state index < -0.39 is 0 Å². The Morgan fingerprint density at radius 3 is 3.14 bits per heavy atom. The number of nitrogens with zero attached hydrogens (tertiary/aromatic N) is 3. The minimum absolute atomic E-state index is 0.227. The lowest BCUT2D eigenvalue weighted by molar-refractivity contribution is -0.115. The van der Waals surface area contributed by atoms with Crippen LogP contribution in [0.2, 0.25) is 0 Å². The number of thiophene rings is 1. The number of primary amides is 1. The number of amides is 1. The number of carbonyl (C=O) groups excluding carboxylic acids is 1. The van der Waals surface area contributed by atoms with Gasteiger partial charge >= 0.3 is 0 Å². The molecule has 0 saturated heterocycles. The second kappa shape index (κ2) is 5.81. The van der Waals surface area contributed by atoms with E-state index in [1.165, 1.54) is 40.6 Å². The Bertz CT molecular complexity index is 677. The van der Waals surface area contributed by atoms with Gasteiger partial charge in [0.1, 0.15) is 0 Å². The molecule has 0 saturated carbocycles. The van der Waals surface area contributed by atoms with E-state index in [0.29, 0.717) is 0 Å². The average molecular weight is 322 g/mol. The van der Waals surface area contributed by atoms with E-state index in [1.54, 1.807) is 0 Å². The number of rotatable bonds is 4. The van der Waals surface area contributed by atoms with Gasteiger partial charge in [-0.25, -0.2) is 0 Å². The van der Waals surface area contributed by atoms with Gasteiger partial charge < -0.3 is 10.3 Å². The Morgan fingerprint density at radius 2 is 2.38 bits per heavy atom. The highest BCUT2D eigenvalue weighted by molar-refractivity contribution is 7.99. The van der Waals surface area contributed by atoms with Crippen LogP contribution in [0.4, 0.5) is 0 Å². The Hall–Kier alpha value is -1.34. The predicted octanol–water partition coefficient (Wildman–Crippen LogP) is 2.25. The lowest BCUT2D eigenvalue weighted by Crippen LogP contribution is -2.13. The molecule has 1 aliphatic rings. The van der Waals surface area contributed by atoms with E-state index >= 15 is 0 Å². The summed E-state index contributed by atoms with van der Waals surface area (Å²) in [7, 11) is 1.94. The topological polar surface area (TPSA) is 73.8 Å². The molecule has 2 aromatic rings. The third-order valence-corrected chi connectivity index (χ3v) is 5.91. The zero-order chi connectivity index (χ0) is 15.0. The summed E-state index contributed by atoms with van der Waals surface area (Å²) in [4.78, 5) is 12.4. The quantitative estimate of drug-likeness (QED) is 0.876. The van der Waals surface area contributed by atoms with Gasteiger partial charge in [0.15, 0.2) is 11.0 Å². The van der Waals surface area contributed by atoms with Gasteiger partial charge in [0.05, 0.1) is 5.75 Å². The molecule has 1 amide bonds. The molecule has 0 radical (unpaired) electrons. The highest BCUT2D eigenvalue weighted by Gasteiger charge is 2.23. The Morgan fingerprint density at radius 1 is 1.57 bits per heavy atom. The van der Waals surface area contributed by atoms with Gasteiger partial charge in [0.2, 0.25) is 5.91 Å². The second-order valence-electron chi connectivity index (χ2n) is 5.52. The molecule has 3 rings (SSSR count). The minimum atomic E-state index is -0.341. The first-order chi connectivity index (χ1) is 10.1. The molecule has 1 aliphatic carbocycles. The summed E-state index contributed by atoms with van der Waals surface area (Å²) < 4.78 is 1.95. The summed E-state index contributed by atoms with van der Waals surface area (Å²) >= 11 is 3.15. The molecular formula is C14H18N4OS2. The maximum atomic E-state index is 10.9. The van der Waals surface area contributed by atoms with Crippen molar-refractivity contribution in [3.05, 3.63) is 15.8 Å². The summed E-state index contributed by atoms with van der Waals surface area (Å²) in [5.41, 5.74) is 7.81. The van der Waals surface area contributed by atoms with Gasteiger partial charge in [0, 0.05) is 22.9 Å². The highest BCUT2D eigenvalue weighted by atomic mass is 32.2. The maximum absolute atomic E-state index is 10.9. The molecule has 7 heteroatoms. The molecule has 0 fully saturated rings. The van der Waals surface area contributed by atoms with Crippen molar-refractivity contribution >= 4 is 29.0 Å². The van der Waals surface area contributed by atoms with Crippen LogP contribution in [0.1, 0.15) is 23.8 Å². The molecule has 2 N–H and O–H groups in total. The summed E-state index contributed by atoms with van der Waals surface area (Å²) in [6.45, 7) is 2.31. The van der Waals surface area contributed by atoms with E-state index in [0.717, 1.165) is 23.3 Å². The fourth-order valence-corrected chi connectivity index (χ4v) is 4.57. The van der Waals surface area contributed by atoms with Crippen molar-refractivity contribution in [3.8, 4) is 11.4 Å². The van der Waals surface area contributed by atoms with Gasteiger partial charge in [-0.05, 0) is 30.7 Å². The first-order valence-corrected chi connectivity index (χ1v) is 8.83. The van der Waals surface area contributed by atoms with Gasteiger partial charge in [-0.1, -0.05) is 18.7 Å². The van der Waals surface area contributed by atoms with Crippen LogP contribution in [0.5, 0.6) is 0 Å². The molecule has 2 heterocycles. The number of hydrogen-bond acceptors (Lipinski definition) is 5. The Kier molecular flexibility index (Phi) is 4.03. The van der Waals surface area contributed by atoms with Crippen LogP contribution in [-0.4, -0.2) is 26.4 Å². The third-order valence-electron chi connectivity index (χ3n) is 3.82. The van der Waals surface area contributed by atoms with E-state index in [-0.39, 0.29) is 11.7 Å². The number of nitrogens with two attached hydrogens (primary N) is 1. The van der Waals surface area contributed by atoms with Crippen molar-refractivity contribution in [2.24, 2.45) is 18.7 Å². The lowest BCUT2D eigenvalue weighted by atomic mass is 9.88. The number of carbonyl (C=O) groups is 1. The van der Waals surface area contributed by atoms with Gasteiger partial charge in [-0.2, -0.15) is 0 Å². The molecule has 0 aliphatic heterocycles. The smallest absolute Gasteiger partial charge is 0.227 e. The highest BCUT2D eigenvalue weighted by Crippen LogP contribution is 2.37. The largest absolute Gasteiger partial charge is 0.369 e. The number of thioether (sulfide) groups is 1. The van der Waals surface area contributed by atoms with Crippen LogP contribution in [0.25, 0.3) is 11.4 Å². The Balaban J connectivity index is 1.90. The van der Waals surface area contributed by atoms with E-state index in [9.17, 15) is 4.79 Å². The van der Waals surface area contributed by atoms with Crippen molar-refractivity contribution in [2.45, 2.75) is 31.3 Å². The maximum Gasteiger partial charge on any atom is 0.227 e. The Labute approximate surface area is 131 Å². The van der Waals surface area contributed by atoms with Crippen molar-refractivity contribution in [1.29, 1.82) is 0 Å². The van der Waals surface area contributed by atoms with Crippen LogP contribution in [0, 0.1) is 5.92 Å². The van der Waals surface area contributed by atoms with E-state index in [2.05, 4.69) is 22.5 Å². The molecule has 21 heavy (non-hydrogen) atoms. The fourth-order valence-electron chi connectivity index (χ4n) is 2.68. The molecular weight excluding hydrogens is 304 g/mol. The summed E-state index contributed by atoms with van der Waals surface area (Å²) in [5, 5.41) is 11.4. The van der Waals surface area contributed by atoms with Crippen LogP contribution in [0.3, 0.4) is 0 Å². The molecule has 0 spiro atoms. The summed E-state index contributed by atoms with van der Waals surface area (Å²) in [5.74, 6) is 1.54. The van der Waals surface area contributed by atoms with Crippen molar-refractivity contribution in [3.63, 3.8) is 0 Å². The third kappa shape index (κ3) is 2.85.